The van der Waals surface area contributed by atoms with E-state index in [-0.39, 0.29) is 6.03 Å². The summed E-state index contributed by atoms with van der Waals surface area (Å²) in [4.78, 5) is 11.8. The van der Waals surface area contributed by atoms with Crippen LogP contribution >= 0.6 is 34.2 Å². The van der Waals surface area contributed by atoms with Crippen molar-refractivity contribution in [1.82, 2.24) is 5.32 Å². The van der Waals surface area contributed by atoms with Crippen LogP contribution in [-0.2, 0) is 6.42 Å². The van der Waals surface area contributed by atoms with Crippen molar-refractivity contribution in [2.45, 2.75) is 6.42 Å². The Hall–Kier alpha value is -1.27. The van der Waals surface area contributed by atoms with E-state index in [0.717, 1.165) is 26.3 Å². The Morgan fingerprint density at radius 2 is 1.80 bits per heavy atom. The summed E-state index contributed by atoms with van der Waals surface area (Å²) >= 11 is 8.01. The predicted molar refractivity (Wildman–Crippen MR) is 91.3 cm³/mol. The van der Waals surface area contributed by atoms with E-state index in [9.17, 15) is 4.79 Å². The van der Waals surface area contributed by atoms with Crippen molar-refractivity contribution < 1.29 is 4.79 Å². The molecule has 0 bridgehead atoms. The second kappa shape index (κ2) is 7.50. The third kappa shape index (κ3) is 4.68. The number of carbonyl (C=O) groups excluding carboxylic acids is 1. The lowest BCUT2D eigenvalue weighted by molar-refractivity contribution is 0.252. The van der Waals surface area contributed by atoms with Gasteiger partial charge < -0.3 is 10.6 Å². The average Bonchev–Trinajstić information content (AvgIpc) is 2.44. The van der Waals surface area contributed by atoms with Crippen LogP contribution in [0.1, 0.15) is 5.56 Å². The molecule has 0 aliphatic rings. The average molecular weight is 401 g/mol. The fourth-order valence-corrected chi connectivity index (χ4v) is 2.35. The summed E-state index contributed by atoms with van der Waals surface area (Å²) in [6.45, 7) is 0.580. The highest BCUT2D eigenvalue weighted by atomic mass is 127. The summed E-state index contributed by atoms with van der Waals surface area (Å²) in [5, 5.41) is 6.38. The Morgan fingerprint density at radius 1 is 1.10 bits per heavy atom. The van der Waals surface area contributed by atoms with Gasteiger partial charge >= 0.3 is 6.03 Å². The quantitative estimate of drug-likeness (QED) is 0.738. The van der Waals surface area contributed by atoms with Gasteiger partial charge in [0.25, 0.3) is 0 Å². The first-order valence-corrected chi connectivity index (χ1v) is 7.64. The third-order valence-electron chi connectivity index (χ3n) is 2.73. The molecule has 0 aliphatic carbocycles. The lowest BCUT2D eigenvalue weighted by Crippen LogP contribution is -2.30. The minimum Gasteiger partial charge on any atom is -0.338 e. The van der Waals surface area contributed by atoms with Gasteiger partial charge in [-0.3, -0.25) is 0 Å². The Kier molecular flexibility index (Phi) is 5.67. The topological polar surface area (TPSA) is 41.1 Å². The molecule has 2 aromatic rings. The van der Waals surface area contributed by atoms with E-state index in [1.807, 2.05) is 48.5 Å². The van der Waals surface area contributed by atoms with Crippen LogP contribution in [0.5, 0.6) is 0 Å². The summed E-state index contributed by atoms with van der Waals surface area (Å²) in [6.07, 6.45) is 0.774. The number of rotatable bonds is 4. The van der Waals surface area contributed by atoms with E-state index >= 15 is 0 Å². The number of halogens is 2. The van der Waals surface area contributed by atoms with Crippen LogP contribution in [0, 0.1) is 3.57 Å². The first kappa shape index (κ1) is 15.1. The highest BCUT2D eigenvalue weighted by Gasteiger charge is 2.03. The normalized spacial score (nSPS) is 10.1. The number of hydrogen-bond donors (Lipinski definition) is 2. The predicted octanol–water partition coefficient (Wildman–Crippen LogP) is 4.31. The maximum atomic E-state index is 11.8. The van der Waals surface area contributed by atoms with Crippen molar-refractivity contribution in [3.05, 3.63) is 62.7 Å². The molecule has 2 amide bonds. The molecule has 2 aromatic carbocycles. The molecule has 3 nitrogen and oxygen atoms in total. The van der Waals surface area contributed by atoms with Crippen LogP contribution in [0.15, 0.2) is 48.5 Å². The zero-order valence-electron chi connectivity index (χ0n) is 10.7. The van der Waals surface area contributed by atoms with E-state index in [1.54, 1.807) is 0 Å². The molecule has 0 atom stereocenters. The summed E-state index contributed by atoms with van der Waals surface area (Å²) in [7, 11) is 0. The lowest BCUT2D eigenvalue weighted by atomic mass is 10.1. The lowest BCUT2D eigenvalue weighted by Gasteiger charge is -2.09. The maximum absolute atomic E-state index is 11.8. The second-order valence-electron chi connectivity index (χ2n) is 4.24. The van der Waals surface area contributed by atoms with Gasteiger partial charge in [0, 0.05) is 15.1 Å². The molecule has 0 spiro atoms. The number of para-hydroxylation sites is 1. The fourth-order valence-electron chi connectivity index (χ4n) is 1.70. The van der Waals surface area contributed by atoms with Crippen molar-refractivity contribution in [2.24, 2.45) is 0 Å². The van der Waals surface area contributed by atoms with Crippen molar-refractivity contribution in [3.8, 4) is 0 Å². The fraction of sp³-hybridized carbons (Fsp3) is 0.133. The molecule has 0 heterocycles. The van der Waals surface area contributed by atoms with Crippen LogP contribution in [0.25, 0.3) is 0 Å². The van der Waals surface area contributed by atoms with Gasteiger partial charge in [-0.05, 0) is 58.8 Å². The monoisotopic (exact) mass is 400 g/mol. The Morgan fingerprint density at radius 3 is 2.50 bits per heavy atom. The minimum absolute atomic E-state index is 0.192. The number of carbonyl (C=O) groups is 1. The Bertz CT molecular complexity index is 587. The van der Waals surface area contributed by atoms with Gasteiger partial charge in [-0.2, -0.15) is 0 Å². The highest BCUT2D eigenvalue weighted by Crippen LogP contribution is 2.16. The Labute approximate surface area is 136 Å². The van der Waals surface area contributed by atoms with E-state index in [0.29, 0.717) is 6.54 Å². The van der Waals surface area contributed by atoms with Crippen LogP contribution in [0.4, 0.5) is 10.5 Å². The zero-order valence-corrected chi connectivity index (χ0v) is 13.6. The molecular formula is C15H14ClIN2O. The molecule has 0 radical (unpaired) electrons. The maximum Gasteiger partial charge on any atom is 0.319 e. The number of anilines is 1. The van der Waals surface area contributed by atoms with Gasteiger partial charge in [0.2, 0.25) is 0 Å². The van der Waals surface area contributed by atoms with Gasteiger partial charge in [-0.15, -0.1) is 0 Å². The minimum atomic E-state index is -0.192. The summed E-state index contributed by atoms with van der Waals surface area (Å²) < 4.78 is 1.01. The molecule has 20 heavy (non-hydrogen) atoms. The second-order valence-corrected chi connectivity index (χ2v) is 5.84. The molecule has 2 rings (SSSR count). The van der Waals surface area contributed by atoms with Gasteiger partial charge in [0.05, 0.1) is 5.69 Å². The van der Waals surface area contributed by atoms with Crippen LogP contribution in [-0.4, -0.2) is 12.6 Å². The van der Waals surface area contributed by atoms with Crippen LogP contribution < -0.4 is 10.6 Å². The summed E-state index contributed by atoms with van der Waals surface area (Å²) in [5.74, 6) is 0. The molecule has 104 valence electrons. The standard InChI is InChI=1S/C15H14ClIN2O/c16-12-7-5-11(6-8-12)9-10-18-15(20)19-14-4-2-1-3-13(14)17/h1-8H,9-10H2,(H2,18,19,20). The van der Waals surface area contributed by atoms with Crippen LogP contribution in [0.2, 0.25) is 5.02 Å². The van der Waals surface area contributed by atoms with Gasteiger partial charge in [-0.1, -0.05) is 35.9 Å². The summed E-state index contributed by atoms with van der Waals surface area (Å²) in [5.41, 5.74) is 1.96. The molecule has 0 saturated carbocycles. The van der Waals surface area contributed by atoms with Crippen LogP contribution in [0.3, 0.4) is 0 Å². The van der Waals surface area contributed by atoms with E-state index in [2.05, 4.69) is 33.2 Å². The molecular weight excluding hydrogens is 387 g/mol. The molecule has 0 fully saturated rings. The molecule has 0 aliphatic heterocycles. The molecule has 5 heteroatoms. The van der Waals surface area contributed by atoms with Gasteiger partial charge in [0.1, 0.15) is 0 Å². The van der Waals surface area contributed by atoms with Gasteiger partial charge in [-0.25, -0.2) is 4.79 Å². The largest absolute Gasteiger partial charge is 0.338 e. The smallest absolute Gasteiger partial charge is 0.319 e. The molecule has 0 saturated heterocycles. The van der Waals surface area contributed by atoms with E-state index in [4.69, 9.17) is 11.6 Å². The third-order valence-corrected chi connectivity index (χ3v) is 3.93. The SMILES string of the molecule is O=C(NCCc1ccc(Cl)cc1)Nc1ccccc1I. The van der Waals surface area contributed by atoms with Crippen molar-refractivity contribution >= 4 is 45.9 Å². The number of nitrogens with one attached hydrogen (secondary N) is 2. The Balaban J connectivity index is 1.78. The number of amides is 2. The molecule has 2 N–H and O–H groups in total. The number of urea groups is 1. The van der Waals surface area contributed by atoms with Crippen molar-refractivity contribution in [3.63, 3.8) is 0 Å². The number of benzene rings is 2. The van der Waals surface area contributed by atoms with Crippen molar-refractivity contribution in [1.29, 1.82) is 0 Å². The van der Waals surface area contributed by atoms with E-state index in [1.165, 1.54) is 0 Å². The highest BCUT2D eigenvalue weighted by molar-refractivity contribution is 14.1. The summed E-state index contributed by atoms with van der Waals surface area (Å²) in [6, 6.07) is 15.1. The molecule has 0 unspecified atom stereocenters. The number of hydrogen-bond acceptors (Lipinski definition) is 1. The van der Waals surface area contributed by atoms with Crippen molar-refractivity contribution in [2.75, 3.05) is 11.9 Å². The zero-order chi connectivity index (χ0) is 14.4. The van der Waals surface area contributed by atoms with E-state index < -0.39 is 0 Å². The first-order valence-electron chi connectivity index (χ1n) is 6.19. The first-order chi connectivity index (χ1) is 9.65. The molecule has 0 aromatic heterocycles. The van der Waals surface area contributed by atoms with Gasteiger partial charge in [0.15, 0.2) is 0 Å².